The zero-order chi connectivity index (χ0) is 26.8. The lowest BCUT2D eigenvalue weighted by Gasteiger charge is -2.34. The van der Waals surface area contributed by atoms with E-state index >= 15 is 4.39 Å². The van der Waals surface area contributed by atoms with E-state index in [1.54, 1.807) is 43.6 Å². The molecule has 0 bridgehead atoms. The Balaban J connectivity index is 1.48. The van der Waals surface area contributed by atoms with Gasteiger partial charge in [-0.1, -0.05) is 18.7 Å². The molecule has 5 rings (SSSR count). The number of aryl methyl sites for hydroxylation is 1. The Morgan fingerprint density at radius 2 is 1.84 bits per heavy atom. The van der Waals surface area contributed by atoms with Gasteiger partial charge in [0.15, 0.2) is 0 Å². The zero-order valence-electron chi connectivity index (χ0n) is 21.2. The summed E-state index contributed by atoms with van der Waals surface area (Å²) >= 11 is 0. The van der Waals surface area contributed by atoms with E-state index in [4.69, 9.17) is 0 Å². The highest BCUT2D eigenvalue weighted by Crippen LogP contribution is 2.29. The third-order valence-electron chi connectivity index (χ3n) is 6.66. The highest BCUT2D eigenvalue weighted by molar-refractivity contribution is 6.00. The molecule has 2 aromatic carbocycles. The second-order valence-electron chi connectivity index (χ2n) is 9.24. The van der Waals surface area contributed by atoms with Gasteiger partial charge in [0.1, 0.15) is 11.3 Å². The van der Waals surface area contributed by atoms with Crippen molar-refractivity contribution in [1.29, 1.82) is 0 Å². The van der Waals surface area contributed by atoms with E-state index in [1.807, 2.05) is 11.0 Å². The molecule has 194 valence electrons. The van der Waals surface area contributed by atoms with E-state index in [0.29, 0.717) is 39.2 Å². The molecular weight excluding hydrogens is 485 g/mol. The smallest absolute Gasteiger partial charge is 0.251 e. The third-order valence-corrected chi connectivity index (χ3v) is 6.66. The Morgan fingerprint density at radius 3 is 2.58 bits per heavy atom. The van der Waals surface area contributed by atoms with E-state index in [9.17, 15) is 9.59 Å². The fourth-order valence-electron chi connectivity index (χ4n) is 4.48. The number of amides is 1. The lowest BCUT2D eigenvalue weighted by atomic mass is 10.0. The number of fused-ring (bicyclic) bond motifs is 1. The SMILES string of the molecule is C=CC(=O)Nc1cccc(-c2cc(=O)n(C)c3cnc(Nc4ccc(N5CCN(C)CC5)c(F)c4)nc23)c1. The van der Waals surface area contributed by atoms with Crippen LogP contribution in [0.3, 0.4) is 0 Å². The minimum atomic E-state index is -0.337. The molecule has 10 heteroatoms. The summed E-state index contributed by atoms with van der Waals surface area (Å²) in [7, 11) is 3.71. The van der Waals surface area contributed by atoms with Crippen molar-refractivity contribution in [2.24, 2.45) is 7.05 Å². The number of halogens is 1. The second kappa shape index (κ2) is 10.4. The molecule has 0 saturated carbocycles. The van der Waals surface area contributed by atoms with Gasteiger partial charge in [-0.2, -0.15) is 0 Å². The second-order valence-corrected chi connectivity index (χ2v) is 9.24. The first-order valence-corrected chi connectivity index (χ1v) is 12.2. The Kier molecular flexibility index (Phi) is 6.89. The maximum Gasteiger partial charge on any atom is 0.251 e. The molecule has 1 aliphatic rings. The van der Waals surface area contributed by atoms with E-state index < -0.39 is 0 Å². The Bertz CT molecular complexity index is 1590. The lowest BCUT2D eigenvalue weighted by Crippen LogP contribution is -2.44. The van der Waals surface area contributed by atoms with Crippen molar-refractivity contribution in [3.8, 4) is 11.1 Å². The predicted molar refractivity (Wildman–Crippen MR) is 148 cm³/mol. The summed E-state index contributed by atoms with van der Waals surface area (Å²) in [6, 6.07) is 13.6. The Hall–Kier alpha value is -4.57. The molecule has 3 heterocycles. The lowest BCUT2D eigenvalue weighted by molar-refractivity contribution is -0.111. The number of nitrogens with zero attached hydrogens (tertiary/aromatic N) is 5. The number of likely N-dealkylation sites (N-methyl/N-ethyl adjacent to an activating group) is 1. The van der Waals surface area contributed by atoms with Crippen LogP contribution in [0.2, 0.25) is 0 Å². The summed E-state index contributed by atoms with van der Waals surface area (Å²) < 4.78 is 16.5. The number of hydrogen-bond acceptors (Lipinski definition) is 7. The molecule has 0 atom stereocenters. The summed E-state index contributed by atoms with van der Waals surface area (Å²) in [4.78, 5) is 37.8. The third kappa shape index (κ3) is 5.12. The van der Waals surface area contributed by atoms with Crippen molar-refractivity contribution in [2.45, 2.75) is 0 Å². The number of carbonyl (C=O) groups excluding carboxylic acids is 1. The minimum absolute atomic E-state index is 0.223. The molecule has 1 saturated heterocycles. The molecule has 2 N–H and O–H groups in total. The topological polar surface area (TPSA) is 95.4 Å². The van der Waals surface area contributed by atoms with Gasteiger partial charge in [0.25, 0.3) is 5.56 Å². The number of carbonyl (C=O) groups is 1. The molecule has 4 aromatic rings. The standard InChI is InChI=1S/C28H28FN7O2/c1-4-25(37)31-19-7-5-6-18(14-19)21-16-26(38)35(3)24-17-30-28(33-27(21)24)32-20-8-9-23(22(29)15-20)36-12-10-34(2)11-13-36/h4-9,14-17H,1,10-13H2,2-3H3,(H,31,37)(H,30,32,33). The van der Waals surface area contributed by atoms with Gasteiger partial charge in [-0.15, -0.1) is 0 Å². The van der Waals surface area contributed by atoms with Gasteiger partial charge < -0.3 is 25.0 Å². The number of rotatable bonds is 6. The minimum Gasteiger partial charge on any atom is -0.367 e. The Labute approximate surface area is 219 Å². The molecule has 9 nitrogen and oxygen atoms in total. The zero-order valence-corrected chi connectivity index (χ0v) is 21.2. The number of piperazine rings is 1. The molecular formula is C28H28FN7O2. The molecule has 38 heavy (non-hydrogen) atoms. The predicted octanol–water partition coefficient (Wildman–Crippen LogP) is 3.75. The van der Waals surface area contributed by atoms with Gasteiger partial charge in [-0.05, 0) is 49.0 Å². The van der Waals surface area contributed by atoms with E-state index in [-0.39, 0.29) is 23.2 Å². The van der Waals surface area contributed by atoms with Crippen molar-refractivity contribution in [1.82, 2.24) is 19.4 Å². The maximum absolute atomic E-state index is 15.0. The molecule has 1 aliphatic heterocycles. The summed E-state index contributed by atoms with van der Waals surface area (Å²) in [6.07, 6.45) is 2.75. The molecule has 0 spiro atoms. The van der Waals surface area contributed by atoms with Gasteiger partial charge in [0.05, 0.1) is 17.4 Å². The maximum atomic E-state index is 15.0. The van der Waals surface area contributed by atoms with Gasteiger partial charge in [-0.3, -0.25) is 9.59 Å². The molecule has 2 aromatic heterocycles. The van der Waals surface area contributed by atoms with Gasteiger partial charge in [-0.25, -0.2) is 14.4 Å². The van der Waals surface area contributed by atoms with Crippen molar-refractivity contribution in [3.63, 3.8) is 0 Å². The van der Waals surface area contributed by atoms with Crippen molar-refractivity contribution < 1.29 is 9.18 Å². The van der Waals surface area contributed by atoms with Gasteiger partial charge in [0, 0.05) is 56.2 Å². The Morgan fingerprint density at radius 1 is 1.05 bits per heavy atom. The number of hydrogen-bond donors (Lipinski definition) is 2. The first kappa shape index (κ1) is 25.1. The molecule has 0 unspecified atom stereocenters. The van der Waals surface area contributed by atoms with Crippen LogP contribution in [0.4, 0.5) is 27.4 Å². The van der Waals surface area contributed by atoms with Crippen LogP contribution in [0, 0.1) is 5.82 Å². The normalized spacial score (nSPS) is 13.9. The van der Waals surface area contributed by atoms with Crippen LogP contribution in [0.5, 0.6) is 0 Å². The molecule has 1 fully saturated rings. The highest BCUT2D eigenvalue weighted by atomic mass is 19.1. The van der Waals surface area contributed by atoms with Crippen LogP contribution < -0.4 is 21.1 Å². The molecule has 0 aliphatic carbocycles. The van der Waals surface area contributed by atoms with Crippen molar-refractivity contribution in [2.75, 3.05) is 48.8 Å². The van der Waals surface area contributed by atoms with Crippen LogP contribution in [0.1, 0.15) is 0 Å². The molecule has 1 amide bonds. The number of pyridine rings is 1. The van der Waals surface area contributed by atoms with Crippen molar-refractivity contribution in [3.05, 3.63) is 83.6 Å². The summed E-state index contributed by atoms with van der Waals surface area (Å²) in [5, 5.41) is 5.82. The quantitative estimate of drug-likeness (QED) is 0.379. The van der Waals surface area contributed by atoms with Gasteiger partial charge >= 0.3 is 0 Å². The number of benzene rings is 2. The van der Waals surface area contributed by atoms with Crippen LogP contribution >= 0.6 is 0 Å². The van der Waals surface area contributed by atoms with E-state index in [0.717, 1.165) is 26.2 Å². The van der Waals surface area contributed by atoms with Gasteiger partial charge in [0.2, 0.25) is 11.9 Å². The number of nitrogens with one attached hydrogen (secondary N) is 2. The summed E-state index contributed by atoms with van der Waals surface area (Å²) in [6.45, 7) is 6.79. The number of aromatic nitrogens is 3. The van der Waals surface area contributed by atoms with Crippen LogP contribution in [0.25, 0.3) is 22.2 Å². The highest BCUT2D eigenvalue weighted by Gasteiger charge is 2.18. The largest absolute Gasteiger partial charge is 0.367 e. The fraction of sp³-hybridized carbons (Fsp3) is 0.214. The average molecular weight is 514 g/mol. The van der Waals surface area contributed by atoms with E-state index in [2.05, 4.69) is 39.1 Å². The first-order chi connectivity index (χ1) is 18.3. The summed E-state index contributed by atoms with van der Waals surface area (Å²) in [5.41, 5.74) is 3.77. The monoisotopic (exact) mass is 513 g/mol. The van der Waals surface area contributed by atoms with Crippen LogP contribution in [-0.4, -0.2) is 58.6 Å². The van der Waals surface area contributed by atoms with Crippen LogP contribution in [-0.2, 0) is 11.8 Å². The van der Waals surface area contributed by atoms with E-state index in [1.165, 1.54) is 22.8 Å². The first-order valence-electron chi connectivity index (χ1n) is 12.2. The van der Waals surface area contributed by atoms with Crippen molar-refractivity contribution >= 4 is 40.0 Å². The average Bonchev–Trinajstić information content (AvgIpc) is 2.91. The molecule has 0 radical (unpaired) electrons. The van der Waals surface area contributed by atoms with Crippen LogP contribution in [0.15, 0.2) is 72.2 Å². The summed E-state index contributed by atoms with van der Waals surface area (Å²) in [5.74, 6) is -0.391. The fourth-order valence-corrected chi connectivity index (χ4v) is 4.48. The number of anilines is 4.